The van der Waals surface area contributed by atoms with Gasteiger partial charge in [-0.25, -0.2) is 5.48 Å². The summed E-state index contributed by atoms with van der Waals surface area (Å²) in [5.74, 6) is 0.0640. The number of hydroxylamine groups is 1. The smallest absolute Gasteiger partial charge is 0.274 e. The first-order valence-corrected chi connectivity index (χ1v) is 10.7. The van der Waals surface area contributed by atoms with Crippen molar-refractivity contribution < 1.29 is 24.3 Å². The summed E-state index contributed by atoms with van der Waals surface area (Å²) < 4.78 is 11.5. The average Bonchev–Trinajstić information content (AvgIpc) is 3.03. The van der Waals surface area contributed by atoms with E-state index >= 15 is 0 Å². The highest BCUT2D eigenvalue weighted by molar-refractivity contribution is 5.93. The Kier molecular flexibility index (Phi) is 6.53. The summed E-state index contributed by atoms with van der Waals surface area (Å²) in [5, 5.41) is 8.93. The molecule has 1 aliphatic carbocycles. The van der Waals surface area contributed by atoms with Gasteiger partial charge in [0.25, 0.3) is 5.91 Å². The fourth-order valence-corrected chi connectivity index (χ4v) is 4.54. The average molecular weight is 424 g/mol. The summed E-state index contributed by atoms with van der Waals surface area (Å²) in [6.07, 6.45) is 3.66. The molecule has 7 nitrogen and oxygen atoms in total. The molecule has 2 N–H and O–H groups in total. The van der Waals surface area contributed by atoms with Crippen molar-refractivity contribution in [3.05, 3.63) is 65.2 Å². The largest absolute Gasteiger partial charge is 0.491 e. The van der Waals surface area contributed by atoms with E-state index in [1.165, 1.54) is 0 Å². The molecule has 7 heteroatoms. The summed E-state index contributed by atoms with van der Waals surface area (Å²) >= 11 is 0. The van der Waals surface area contributed by atoms with Crippen LogP contribution in [-0.4, -0.2) is 41.7 Å². The van der Waals surface area contributed by atoms with Gasteiger partial charge >= 0.3 is 0 Å². The standard InChI is InChI=1S/C24H28N2O5/c1-30-20-11-9-17(10-12-20)24(28)26-14-19-8-7-18(23(27)25-29)13-22(19)31-15-21(26)16-5-3-2-4-6-16/h2-8,13,17,20-21,29H,9-12,14-15H2,1H3,(H,25,27). The van der Waals surface area contributed by atoms with E-state index in [0.717, 1.165) is 36.8 Å². The Morgan fingerprint density at radius 3 is 2.52 bits per heavy atom. The van der Waals surface area contributed by atoms with Crippen molar-refractivity contribution in [1.82, 2.24) is 10.4 Å². The maximum absolute atomic E-state index is 13.6. The van der Waals surface area contributed by atoms with Crippen LogP contribution < -0.4 is 10.2 Å². The Balaban J connectivity index is 1.63. The van der Waals surface area contributed by atoms with E-state index in [9.17, 15) is 9.59 Å². The van der Waals surface area contributed by atoms with Gasteiger partial charge in [-0.1, -0.05) is 36.4 Å². The fraction of sp³-hybridized carbons (Fsp3) is 0.417. The van der Waals surface area contributed by atoms with Crippen molar-refractivity contribution in [2.75, 3.05) is 13.7 Å². The molecule has 1 fully saturated rings. The Labute approximate surface area is 181 Å². The summed E-state index contributed by atoms with van der Waals surface area (Å²) in [6, 6.07) is 14.7. The number of amides is 2. The first-order valence-electron chi connectivity index (χ1n) is 10.7. The molecule has 0 spiro atoms. The zero-order valence-corrected chi connectivity index (χ0v) is 17.6. The molecule has 2 aromatic carbocycles. The molecule has 2 aliphatic rings. The third-order valence-electron chi connectivity index (χ3n) is 6.37. The number of hydrogen-bond acceptors (Lipinski definition) is 5. The zero-order chi connectivity index (χ0) is 21.8. The summed E-state index contributed by atoms with van der Waals surface area (Å²) in [6.45, 7) is 0.694. The molecular formula is C24H28N2O5. The van der Waals surface area contributed by atoms with Crippen LogP contribution in [0.15, 0.2) is 48.5 Å². The molecule has 0 bridgehead atoms. The highest BCUT2D eigenvalue weighted by Gasteiger charge is 2.35. The molecular weight excluding hydrogens is 396 g/mol. The van der Waals surface area contributed by atoms with Gasteiger partial charge in [0.05, 0.1) is 18.7 Å². The van der Waals surface area contributed by atoms with Gasteiger partial charge < -0.3 is 14.4 Å². The van der Waals surface area contributed by atoms with Crippen molar-refractivity contribution in [1.29, 1.82) is 0 Å². The van der Waals surface area contributed by atoms with Crippen molar-refractivity contribution in [3.8, 4) is 5.75 Å². The van der Waals surface area contributed by atoms with Gasteiger partial charge in [-0.2, -0.15) is 0 Å². The van der Waals surface area contributed by atoms with E-state index in [4.69, 9.17) is 14.7 Å². The Bertz CT molecular complexity index is 925. The third-order valence-corrected chi connectivity index (χ3v) is 6.37. The number of benzene rings is 2. The van der Waals surface area contributed by atoms with Crippen LogP contribution in [-0.2, 0) is 16.1 Å². The third kappa shape index (κ3) is 4.57. The Morgan fingerprint density at radius 2 is 1.84 bits per heavy atom. The van der Waals surface area contributed by atoms with Crippen molar-refractivity contribution in [2.45, 2.75) is 44.4 Å². The quantitative estimate of drug-likeness (QED) is 0.580. The normalized spacial score (nSPS) is 23.3. The molecule has 1 saturated carbocycles. The van der Waals surface area contributed by atoms with Crippen LogP contribution in [0.2, 0.25) is 0 Å². The fourth-order valence-electron chi connectivity index (χ4n) is 4.54. The molecule has 1 unspecified atom stereocenters. The minimum atomic E-state index is -0.599. The minimum Gasteiger partial charge on any atom is -0.491 e. The summed E-state index contributed by atoms with van der Waals surface area (Å²) in [4.78, 5) is 27.4. The lowest BCUT2D eigenvalue weighted by Crippen LogP contribution is -2.41. The molecule has 2 amide bonds. The van der Waals surface area contributed by atoms with E-state index in [2.05, 4.69) is 0 Å². The predicted octanol–water partition coefficient (Wildman–Crippen LogP) is 3.47. The molecule has 164 valence electrons. The molecule has 1 aliphatic heterocycles. The van der Waals surface area contributed by atoms with Crippen molar-refractivity contribution in [3.63, 3.8) is 0 Å². The molecule has 31 heavy (non-hydrogen) atoms. The summed E-state index contributed by atoms with van der Waals surface area (Å²) in [7, 11) is 1.73. The van der Waals surface area contributed by atoms with Gasteiger partial charge in [0.15, 0.2) is 0 Å². The maximum Gasteiger partial charge on any atom is 0.274 e. The number of ether oxygens (including phenoxy) is 2. The lowest BCUT2D eigenvalue weighted by molar-refractivity contribution is -0.141. The van der Waals surface area contributed by atoms with Crippen molar-refractivity contribution >= 4 is 11.8 Å². The van der Waals surface area contributed by atoms with Gasteiger partial charge in [0, 0.05) is 24.2 Å². The topological polar surface area (TPSA) is 88.1 Å². The second-order valence-electron chi connectivity index (χ2n) is 8.18. The number of nitrogens with one attached hydrogen (secondary N) is 1. The molecule has 0 aromatic heterocycles. The zero-order valence-electron chi connectivity index (χ0n) is 17.6. The number of nitrogens with zero attached hydrogens (tertiary/aromatic N) is 1. The molecule has 4 rings (SSSR count). The highest BCUT2D eigenvalue weighted by Crippen LogP contribution is 2.36. The number of carbonyl (C=O) groups is 2. The molecule has 2 aromatic rings. The van der Waals surface area contributed by atoms with E-state index < -0.39 is 5.91 Å². The maximum atomic E-state index is 13.6. The van der Waals surface area contributed by atoms with Gasteiger partial charge in [-0.15, -0.1) is 0 Å². The van der Waals surface area contributed by atoms with E-state index in [1.807, 2.05) is 35.2 Å². The van der Waals surface area contributed by atoms with Crippen LogP contribution in [0, 0.1) is 5.92 Å². The van der Waals surface area contributed by atoms with Crippen molar-refractivity contribution in [2.24, 2.45) is 5.92 Å². The van der Waals surface area contributed by atoms with Gasteiger partial charge in [0.2, 0.25) is 5.91 Å². The molecule has 0 saturated heterocycles. The summed E-state index contributed by atoms with van der Waals surface area (Å²) in [5.41, 5.74) is 3.80. The number of methoxy groups -OCH3 is 1. The number of fused-ring (bicyclic) bond motifs is 1. The van der Waals surface area contributed by atoms with E-state index in [1.54, 1.807) is 30.8 Å². The number of carbonyl (C=O) groups excluding carboxylic acids is 2. The lowest BCUT2D eigenvalue weighted by Gasteiger charge is -2.35. The molecule has 1 heterocycles. The molecule has 1 atom stereocenters. The second-order valence-corrected chi connectivity index (χ2v) is 8.18. The highest BCUT2D eigenvalue weighted by atomic mass is 16.5. The first kappa shape index (κ1) is 21.3. The van der Waals surface area contributed by atoms with E-state index in [-0.39, 0.29) is 24.0 Å². The Hall–Kier alpha value is -2.90. The van der Waals surface area contributed by atoms with Crippen LogP contribution in [0.25, 0.3) is 0 Å². The predicted molar refractivity (Wildman–Crippen MR) is 114 cm³/mol. The SMILES string of the molecule is COC1CCC(C(=O)N2Cc3ccc(C(=O)NO)cc3OCC2c2ccccc2)CC1. The van der Waals surface area contributed by atoms with Crippen LogP contribution in [0.1, 0.15) is 53.2 Å². The minimum absolute atomic E-state index is 0.0291. The van der Waals surface area contributed by atoms with Crippen LogP contribution in [0.3, 0.4) is 0 Å². The van der Waals surface area contributed by atoms with Gasteiger partial charge in [-0.3, -0.25) is 14.8 Å². The van der Waals surface area contributed by atoms with Crippen LogP contribution >= 0.6 is 0 Å². The van der Waals surface area contributed by atoms with Gasteiger partial charge in [0.1, 0.15) is 12.4 Å². The van der Waals surface area contributed by atoms with E-state index in [0.29, 0.717) is 24.5 Å². The number of rotatable bonds is 4. The number of hydrogen-bond donors (Lipinski definition) is 2. The van der Waals surface area contributed by atoms with Crippen LogP contribution in [0.5, 0.6) is 5.75 Å². The van der Waals surface area contributed by atoms with Crippen LogP contribution in [0.4, 0.5) is 0 Å². The second kappa shape index (κ2) is 9.49. The van der Waals surface area contributed by atoms with Gasteiger partial charge in [-0.05, 0) is 43.4 Å². The molecule has 0 radical (unpaired) electrons. The monoisotopic (exact) mass is 424 g/mol. The Morgan fingerprint density at radius 1 is 1.10 bits per heavy atom. The first-order chi connectivity index (χ1) is 15.1. The lowest BCUT2D eigenvalue weighted by atomic mass is 9.85.